The van der Waals surface area contributed by atoms with Gasteiger partial charge >= 0.3 is 5.97 Å². The van der Waals surface area contributed by atoms with Crippen LogP contribution >= 0.6 is 11.3 Å². The van der Waals surface area contributed by atoms with Crippen LogP contribution in [0.1, 0.15) is 60.5 Å². The summed E-state index contributed by atoms with van der Waals surface area (Å²) in [7, 11) is 0. The maximum absolute atomic E-state index is 12.7. The lowest BCUT2D eigenvalue weighted by molar-refractivity contribution is -0.123. The zero-order valence-corrected chi connectivity index (χ0v) is 19.3. The number of rotatable bonds is 4. The highest BCUT2D eigenvalue weighted by Gasteiger charge is 2.33. The number of anilines is 1. The summed E-state index contributed by atoms with van der Waals surface area (Å²) in [5.41, 5.74) is 3.12. The number of hydrogen-bond donors (Lipinski definition) is 1. The molecule has 2 atom stereocenters. The maximum atomic E-state index is 12.7. The number of thiophene rings is 1. The number of esters is 1. The molecule has 1 N–H and O–H groups in total. The normalized spacial score (nSPS) is 16.8. The smallest absolute Gasteiger partial charge is 0.339 e. The minimum Gasteiger partial charge on any atom is -0.449 e. The molecule has 2 unspecified atom stereocenters. The van der Waals surface area contributed by atoms with Gasteiger partial charge in [0, 0.05) is 4.88 Å². The molecule has 4 rings (SSSR count). The first-order valence-corrected chi connectivity index (χ1v) is 11.4. The number of ether oxygens (including phenoxy) is 1. The molecule has 1 aliphatic rings. The predicted molar refractivity (Wildman–Crippen MR) is 122 cm³/mol. The van der Waals surface area contributed by atoms with Crippen molar-refractivity contribution < 1.29 is 18.7 Å². The number of nitrogens with zero attached hydrogens (tertiary/aromatic N) is 2. The molecule has 2 heterocycles. The number of carbonyl (C=O) groups excluding carboxylic acids is 2. The molecule has 8 heteroatoms. The Balaban J connectivity index is 1.46. The molecule has 1 amide bonds. The maximum Gasteiger partial charge on any atom is 0.339 e. The number of nitriles is 1. The summed E-state index contributed by atoms with van der Waals surface area (Å²) >= 11 is 1.46. The fourth-order valence-electron chi connectivity index (χ4n) is 4.01. The Hall–Kier alpha value is -3.18. The van der Waals surface area contributed by atoms with Gasteiger partial charge in [-0.1, -0.05) is 20.8 Å². The van der Waals surface area contributed by atoms with Crippen LogP contribution in [0.3, 0.4) is 0 Å². The second-order valence-electron chi connectivity index (χ2n) is 9.20. The van der Waals surface area contributed by atoms with Crippen LogP contribution in [0.4, 0.5) is 5.00 Å². The van der Waals surface area contributed by atoms with Crippen molar-refractivity contribution in [3.05, 3.63) is 46.2 Å². The van der Waals surface area contributed by atoms with E-state index in [2.05, 4.69) is 37.1 Å². The summed E-state index contributed by atoms with van der Waals surface area (Å²) in [6.07, 6.45) is 3.04. The van der Waals surface area contributed by atoms with E-state index >= 15 is 0 Å². The van der Waals surface area contributed by atoms with Gasteiger partial charge in [-0.05, 0) is 61.3 Å². The van der Waals surface area contributed by atoms with Crippen LogP contribution in [0.5, 0.6) is 0 Å². The quantitative estimate of drug-likeness (QED) is 0.554. The van der Waals surface area contributed by atoms with E-state index < -0.39 is 18.0 Å². The standard InChI is InChI=1S/C24H25N3O4S/c1-13(31-23(29)14-5-8-18-19(9-14)30-12-26-18)21(28)27-22-17(11-25)16-7-6-15(24(2,3)4)10-20(16)32-22/h5,8-9,12-13,15H,6-7,10H2,1-4H3,(H,27,28). The van der Waals surface area contributed by atoms with Gasteiger partial charge in [-0.3, -0.25) is 4.79 Å². The van der Waals surface area contributed by atoms with Gasteiger partial charge in [0.05, 0.1) is 11.1 Å². The van der Waals surface area contributed by atoms with Crippen molar-refractivity contribution in [2.75, 3.05) is 5.32 Å². The average molecular weight is 452 g/mol. The number of fused-ring (bicyclic) bond motifs is 2. The third-order valence-corrected chi connectivity index (χ3v) is 7.23. The first-order chi connectivity index (χ1) is 15.2. The SMILES string of the molecule is CC(OC(=O)c1ccc2ncoc2c1)C(=O)Nc1sc2c(c1C#N)CCC(C(C)(C)C)C2. The molecule has 32 heavy (non-hydrogen) atoms. The van der Waals surface area contributed by atoms with Crippen molar-refractivity contribution in [1.82, 2.24) is 4.98 Å². The van der Waals surface area contributed by atoms with Gasteiger partial charge in [0.15, 0.2) is 18.1 Å². The topological polar surface area (TPSA) is 105 Å². The van der Waals surface area contributed by atoms with E-state index in [0.717, 1.165) is 29.7 Å². The number of aromatic nitrogens is 1. The summed E-state index contributed by atoms with van der Waals surface area (Å²) < 4.78 is 10.5. The number of hydrogen-bond acceptors (Lipinski definition) is 7. The molecule has 0 aliphatic heterocycles. The van der Waals surface area contributed by atoms with Crippen molar-refractivity contribution in [3.63, 3.8) is 0 Å². The van der Waals surface area contributed by atoms with Crippen LogP contribution in [-0.4, -0.2) is 23.0 Å². The van der Waals surface area contributed by atoms with Crippen molar-refractivity contribution in [2.24, 2.45) is 11.3 Å². The van der Waals surface area contributed by atoms with Gasteiger partial charge < -0.3 is 14.5 Å². The first-order valence-electron chi connectivity index (χ1n) is 10.6. The third-order valence-electron chi connectivity index (χ3n) is 6.06. The summed E-state index contributed by atoms with van der Waals surface area (Å²) in [5.74, 6) is -0.572. The lowest BCUT2D eigenvalue weighted by atomic mass is 9.72. The Kier molecular flexibility index (Phi) is 5.78. The molecule has 2 aromatic heterocycles. The van der Waals surface area contributed by atoms with Gasteiger partial charge in [0.2, 0.25) is 0 Å². The number of benzene rings is 1. The van der Waals surface area contributed by atoms with Crippen LogP contribution in [0, 0.1) is 22.7 Å². The highest BCUT2D eigenvalue weighted by molar-refractivity contribution is 7.16. The molecule has 1 aliphatic carbocycles. The van der Waals surface area contributed by atoms with E-state index in [1.807, 2.05) is 0 Å². The van der Waals surface area contributed by atoms with Crippen molar-refractivity contribution in [1.29, 1.82) is 5.26 Å². The van der Waals surface area contributed by atoms with Gasteiger partial charge in [0.25, 0.3) is 5.91 Å². The Labute approximate surface area is 190 Å². The largest absolute Gasteiger partial charge is 0.449 e. The van der Waals surface area contributed by atoms with Crippen LogP contribution in [0.25, 0.3) is 11.1 Å². The molecule has 3 aromatic rings. The highest BCUT2D eigenvalue weighted by Crippen LogP contribution is 2.44. The molecule has 0 spiro atoms. The zero-order valence-electron chi connectivity index (χ0n) is 18.5. The Morgan fingerprint density at radius 3 is 2.88 bits per heavy atom. The summed E-state index contributed by atoms with van der Waals surface area (Å²) in [6.45, 7) is 8.22. The summed E-state index contributed by atoms with van der Waals surface area (Å²) in [6, 6.07) is 7.01. The van der Waals surface area contributed by atoms with Crippen molar-refractivity contribution in [2.45, 2.75) is 53.1 Å². The Morgan fingerprint density at radius 2 is 2.16 bits per heavy atom. The van der Waals surface area contributed by atoms with Crippen LogP contribution < -0.4 is 5.32 Å². The van der Waals surface area contributed by atoms with E-state index in [0.29, 0.717) is 27.6 Å². The molecule has 0 radical (unpaired) electrons. The number of nitrogens with one attached hydrogen (secondary N) is 1. The van der Waals surface area contributed by atoms with Crippen LogP contribution in [-0.2, 0) is 22.4 Å². The number of carbonyl (C=O) groups is 2. The molecule has 0 fully saturated rings. The molecular weight excluding hydrogens is 426 g/mol. The van der Waals surface area contributed by atoms with Gasteiger partial charge in [-0.25, -0.2) is 9.78 Å². The van der Waals surface area contributed by atoms with Crippen LogP contribution in [0.2, 0.25) is 0 Å². The van der Waals surface area contributed by atoms with Crippen molar-refractivity contribution >= 4 is 39.3 Å². The van der Waals surface area contributed by atoms with E-state index in [-0.39, 0.29) is 11.0 Å². The lowest BCUT2D eigenvalue weighted by Gasteiger charge is -2.33. The minimum absolute atomic E-state index is 0.190. The molecule has 0 bridgehead atoms. The summed E-state index contributed by atoms with van der Waals surface area (Å²) in [5, 5.41) is 13.0. The van der Waals surface area contributed by atoms with Crippen LogP contribution in [0.15, 0.2) is 29.0 Å². The van der Waals surface area contributed by atoms with Crippen molar-refractivity contribution in [3.8, 4) is 6.07 Å². The molecule has 0 saturated carbocycles. The zero-order chi connectivity index (χ0) is 23.0. The van der Waals surface area contributed by atoms with E-state index in [1.165, 1.54) is 30.7 Å². The van der Waals surface area contributed by atoms with Gasteiger partial charge in [-0.2, -0.15) is 5.26 Å². The summed E-state index contributed by atoms with van der Waals surface area (Å²) in [4.78, 5) is 30.4. The molecule has 0 saturated heterocycles. The van der Waals surface area contributed by atoms with Gasteiger partial charge in [0.1, 0.15) is 16.6 Å². The number of amides is 1. The van der Waals surface area contributed by atoms with E-state index in [1.54, 1.807) is 12.1 Å². The fraction of sp³-hybridized carbons (Fsp3) is 0.417. The molecule has 1 aromatic carbocycles. The monoisotopic (exact) mass is 451 g/mol. The Morgan fingerprint density at radius 1 is 1.38 bits per heavy atom. The van der Waals surface area contributed by atoms with E-state index in [9.17, 15) is 14.9 Å². The lowest BCUT2D eigenvalue weighted by Crippen LogP contribution is -2.30. The molecule has 166 valence electrons. The second kappa shape index (κ2) is 8.40. The molecule has 7 nitrogen and oxygen atoms in total. The molecular formula is C24H25N3O4S. The minimum atomic E-state index is -1.03. The highest BCUT2D eigenvalue weighted by atomic mass is 32.1. The van der Waals surface area contributed by atoms with E-state index in [4.69, 9.17) is 9.15 Å². The van der Waals surface area contributed by atoms with Gasteiger partial charge in [-0.15, -0.1) is 11.3 Å². The Bertz CT molecular complexity index is 1230. The third kappa shape index (κ3) is 4.26. The fourth-order valence-corrected chi connectivity index (χ4v) is 5.29. The number of oxazole rings is 1. The average Bonchev–Trinajstić information content (AvgIpc) is 3.35. The first kappa shape index (κ1) is 22.0. The second-order valence-corrected chi connectivity index (χ2v) is 10.3. The predicted octanol–water partition coefficient (Wildman–Crippen LogP) is 5.10.